The molecular weight excluding hydrogens is 529 g/mol. The van der Waals surface area contributed by atoms with Gasteiger partial charge in [0.15, 0.2) is 5.13 Å². The van der Waals surface area contributed by atoms with Crippen molar-refractivity contribution in [3.8, 4) is 17.2 Å². The van der Waals surface area contributed by atoms with Crippen molar-refractivity contribution in [2.75, 3.05) is 4.72 Å². The number of alkyl halides is 3. The minimum atomic E-state index is -4.54. The molecular formula is C24H21F3N4O4S2. The van der Waals surface area contributed by atoms with Gasteiger partial charge in [-0.25, -0.2) is 18.1 Å². The summed E-state index contributed by atoms with van der Waals surface area (Å²) in [5.41, 5.74) is -0.891. The predicted molar refractivity (Wildman–Crippen MR) is 131 cm³/mol. The van der Waals surface area contributed by atoms with Gasteiger partial charge in [0.1, 0.15) is 28.9 Å². The van der Waals surface area contributed by atoms with E-state index in [4.69, 9.17) is 9.47 Å². The van der Waals surface area contributed by atoms with Gasteiger partial charge in [0, 0.05) is 42.0 Å². The van der Waals surface area contributed by atoms with Crippen LogP contribution in [0.1, 0.15) is 37.5 Å². The molecule has 0 bridgehead atoms. The van der Waals surface area contributed by atoms with E-state index in [1.165, 1.54) is 41.5 Å². The fraction of sp³-hybridized carbons (Fsp3) is 0.250. The van der Waals surface area contributed by atoms with E-state index in [-0.39, 0.29) is 21.5 Å². The zero-order valence-corrected chi connectivity index (χ0v) is 21.2. The van der Waals surface area contributed by atoms with Crippen LogP contribution in [0.15, 0.2) is 71.3 Å². The smallest absolute Gasteiger partial charge is 0.416 e. The Morgan fingerprint density at radius 2 is 2.00 bits per heavy atom. The normalized spacial score (nSPS) is 17.1. The first-order valence-electron chi connectivity index (χ1n) is 11.0. The molecule has 1 N–H and O–H groups in total. The number of benzene rings is 2. The van der Waals surface area contributed by atoms with Gasteiger partial charge >= 0.3 is 6.18 Å². The Kier molecular flexibility index (Phi) is 6.15. The average Bonchev–Trinajstić information content (AvgIpc) is 3.52. The van der Waals surface area contributed by atoms with Crippen molar-refractivity contribution in [1.82, 2.24) is 14.8 Å². The Bertz CT molecular complexity index is 1520. The monoisotopic (exact) mass is 550 g/mol. The number of hydrogen-bond acceptors (Lipinski definition) is 7. The third-order valence-electron chi connectivity index (χ3n) is 5.67. The summed E-state index contributed by atoms with van der Waals surface area (Å²) in [5.74, 6) is 0.489. The number of hydrogen-bond donors (Lipinski definition) is 1. The number of anilines is 1. The van der Waals surface area contributed by atoms with Gasteiger partial charge in [0.2, 0.25) is 0 Å². The standard InChI is InChI=1S/C24H21F3N4O4S2/c1-23(2)14-21(34-19-7-4-15(24(25,26)27)12-18(19)31-10-3-8-29-31)17-6-5-16(13-20(17)35-23)37(32,33)30-22-28-9-11-36-22/h3-13,21H,14H2,1-2H3,(H,28,30)/t21-/m1/s1. The lowest BCUT2D eigenvalue weighted by atomic mass is 9.91. The summed E-state index contributed by atoms with van der Waals surface area (Å²) in [6.07, 6.45) is -0.337. The second kappa shape index (κ2) is 9.06. The molecule has 5 rings (SSSR count). The van der Waals surface area contributed by atoms with Crippen molar-refractivity contribution in [3.63, 3.8) is 0 Å². The van der Waals surface area contributed by atoms with Crippen molar-refractivity contribution in [2.24, 2.45) is 0 Å². The Morgan fingerprint density at radius 3 is 2.68 bits per heavy atom. The maximum Gasteiger partial charge on any atom is 0.416 e. The van der Waals surface area contributed by atoms with E-state index in [0.29, 0.717) is 17.7 Å². The highest BCUT2D eigenvalue weighted by molar-refractivity contribution is 7.93. The highest BCUT2D eigenvalue weighted by Gasteiger charge is 2.37. The molecule has 0 saturated carbocycles. The van der Waals surface area contributed by atoms with E-state index in [9.17, 15) is 21.6 Å². The molecule has 194 valence electrons. The topological polar surface area (TPSA) is 95.3 Å². The van der Waals surface area contributed by atoms with Crippen LogP contribution in [0.3, 0.4) is 0 Å². The number of thiazole rings is 1. The van der Waals surface area contributed by atoms with Gasteiger partial charge in [0.25, 0.3) is 10.0 Å². The maximum absolute atomic E-state index is 13.4. The van der Waals surface area contributed by atoms with E-state index >= 15 is 0 Å². The third-order valence-corrected chi connectivity index (χ3v) is 7.82. The van der Waals surface area contributed by atoms with E-state index in [1.54, 1.807) is 17.5 Å². The van der Waals surface area contributed by atoms with Crippen LogP contribution < -0.4 is 14.2 Å². The molecule has 2 aromatic carbocycles. The fourth-order valence-electron chi connectivity index (χ4n) is 4.02. The van der Waals surface area contributed by atoms with Crippen LogP contribution in [0.25, 0.3) is 5.69 Å². The Labute approximate surface area is 214 Å². The van der Waals surface area contributed by atoms with E-state index < -0.39 is 33.5 Å². The largest absolute Gasteiger partial charge is 0.487 e. The van der Waals surface area contributed by atoms with Crippen LogP contribution in [0.5, 0.6) is 11.5 Å². The predicted octanol–water partition coefficient (Wildman–Crippen LogP) is 5.83. The van der Waals surface area contributed by atoms with Crippen LogP contribution in [-0.2, 0) is 16.2 Å². The van der Waals surface area contributed by atoms with Crippen molar-refractivity contribution >= 4 is 26.5 Å². The molecule has 13 heteroatoms. The molecule has 1 aliphatic heterocycles. The van der Waals surface area contributed by atoms with E-state index in [0.717, 1.165) is 23.5 Å². The van der Waals surface area contributed by atoms with Crippen LogP contribution in [0.4, 0.5) is 18.3 Å². The van der Waals surface area contributed by atoms with Crippen molar-refractivity contribution in [2.45, 2.75) is 43.0 Å². The van der Waals surface area contributed by atoms with E-state index in [2.05, 4.69) is 14.8 Å². The first-order valence-corrected chi connectivity index (χ1v) is 13.4. The highest BCUT2D eigenvalue weighted by atomic mass is 32.2. The average molecular weight is 551 g/mol. The minimum absolute atomic E-state index is 0.0235. The molecule has 1 atom stereocenters. The van der Waals surface area contributed by atoms with Crippen LogP contribution in [0.2, 0.25) is 0 Å². The Hall–Kier alpha value is -3.58. The lowest BCUT2D eigenvalue weighted by Crippen LogP contribution is -2.36. The van der Waals surface area contributed by atoms with Gasteiger partial charge in [-0.2, -0.15) is 18.3 Å². The number of nitrogens with zero attached hydrogens (tertiary/aromatic N) is 3. The zero-order chi connectivity index (χ0) is 26.4. The number of fused-ring (bicyclic) bond motifs is 1. The molecule has 0 spiro atoms. The molecule has 0 saturated heterocycles. The number of halogens is 3. The van der Waals surface area contributed by atoms with Crippen molar-refractivity contribution in [1.29, 1.82) is 0 Å². The Morgan fingerprint density at radius 1 is 1.19 bits per heavy atom. The summed E-state index contributed by atoms with van der Waals surface area (Å²) in [4.78, 5) is 3.92. The number of sulfonamides is 1. The number of aromatic nitrogens is 3. The third kappa shape index (κ3) is 5.27. The minimum Gasteiger partial charge on any atom is -0.487 e. The highest BCUT2D eigenvalue weighted by Crippen LogP contribution is 2.44. The second-order valence-corrected chi connectivity index (χ2v) is 11.5. The van der Waals surface area contributed by atoms with Gasteiger partial charge in [-0.05, 0) is 44.2 Å². The molecule has 1 aliphatic rings. The molecule has 0 unspecified atom stereocenters. The zero-order valence-electron chi connectivity index (χ0n) is 19.6. The van der Waals surface area contributed by atoms with Crippen molar-refractivity contribution in [3.05, 3.63) is 77.6 Å². The molecule has 37 heavy (non-hydrogen) atoms. The molecule has 0 amide bonds. The van der Waals surface area contributed by atoms with Crippen LogP contribution >= 0.6 is 11.3 Å². The molecule has 2 aromatic heterocycles. The SMILES string of the molecule is CC1(C)C[C@@H](Oc2ccc(C(F)(F)F)cc2-n2cccn2)c2ccc(S(=O)(=O)Nc3nccs3)cc2O1. The molecule has 0 radical (unpaired) electrons. The van der Waals surface area contributed by atoms with Gasteiger partial charge in [-0.15, -0.1) is 11.3 Å². The second-order valence-electron chi connectivity index (χ2n) is 8.95. The summed E-state index contributed by atoms with van der Waals surface area (Å²) in [7, 11) is -3.93. The number of nitrogens with one attached hydrogen (secondary N) is 1. The van der Waals surface area contributed by atoms with Gasteiger partial charge in [-0.3, -0.25) is 4.72 Å². The lowest BCUT2D eigenvalue weighted by Gasteiger charge is -2.38. The number of rotatable bonds is 6. The molecule has 4 aromatic rings. The lowest BCUT2D eigenvalue weighted by molar-refractivity contribution is -0.137. The Balaban J connectivity index is 1.51. The van der Waals surface area contributed by atoms with Gasteiger partial charge in [-0.1, -0.05) is 6.07 Å². The summed E-state index contributed by atoms with van der Waals surface area (Å²) >= 11 is 1.15. The number of ether oxygens (including phenoxy) is 2. The maximum atomic E-state index is 13.4. The summed E-state index contributed by atoms with van der Waals surface area (Å²) in [6, 6.07) is 9.21. The molecule has 8 nitrogen and oxygen atoms in total. The first-order chi connectivity index (χ1) is 17.4. The van der Waals surface area contributed by atoms with Gasteiger partial charge in [0.05, 0.1) is 10.5 Å². The molecule has 0 aliphatic carbocycles. The molecule has 3 heterocycles. The quantitative estimate of drug-likeness (QED) is 0.325. The van der Waals surface area contributed by atoms with Gasteiger partial charge < -0.3 is 9.47 Å². The fourth-order valence-corrected chi connectivity index (χ4v) is 5.83. The summed E-state index contributed by atoms with van der Waals surface area (Å²) < 4.78 is 82.0. The summed E-state index contributed by atoms with van der Waals surface area (Å²) in [5, 5.41) is 5.95. The van der Waals surface area contributed by atoms with E-state index in [1.807, 2.05) is 13.8 Å². The van der Waals surface area contributed by atoms with Crippen LogP contribution in [-0.4, -0.2) is 28.8 Å². The van der Waals surface area contributed by atoms with Crippen molar-refractivity contribution < 1.29 is 31.1 Å². The summed E-state index contributed by atoms with van der Waals surface area (Å²) in [6.45, 7) is 3.64. The first kappa shape index (κ1) is 25.1. The van der Waals surface area contributed by atoms with Crippen LogP contribution in [0, 0.1) is 0 Å². The molecule has 0 fully saturated rings.